The van der Waals surface area contributed by atoms with Crippen LogP contribution in [0.1, 0.15) is 120 Å². The van der Waals surface area contributed by atoms with Crippen LogP contribution in [-0.4, -0.2) is 42.4 Å². The lowest BCUT2D eigenvalue weighted by atomic mass is 9.32. The largest absolute Gasteiger partial charge is 0.508 e. The van der Waals surface area contributed by atoms with Gasteiger partial charge in [-0.05, 0) is 123 Å². The van der Waals surface area contributed by atoms with Crippen molar-refractivity contribution in [1.82, 2.24) is 5.32 Å². The molecule has 5 fully saturated rings. The Morgan fingerprint density at radius 2 is 1.57 bits per heavy atom. The summed E-state index contributed by atoms with van der Waals surface area (Å²) in [5.74, 6) is 1.83. The van der Waals surface area contributed by atoms with E-state index in [-0.39, 0.29) is 40.2 Å². The monoisotopic (exact) mass is 587 g/mol. The van der Waals surface area contributed by atoms with Crippen LogP contribution < -0.4 is 5.32 Å². The van der Waals surface area contributed by atoms with E-state index in [1.54, 1.807) is 0 Å². The Labute approximate surface area is 253 Å². The molecule has 0 aromatic heterocycles. The zero-order valence-corrected chi connectivity index (χ0v) is 27.5. The quantitative estimate of drug-likeness (QED) is 0.313. The Balaban J connectivity index is 1.46. The van der Waals surface area contributed by atoms with Crippen molar-refractivity contribution in [3.8, 4) is 0 Å². The van der Waals surface area contributed by atoms with Crippen molar-refractivity contribution in [2.45, 2.75) is 126 Å². The van der Waals surface area contributed by atoms with Gasteiger partial charge in [0.05, 0.1) is 12.0 Å². The van der Waals surface area contributed by atoms with Crippen molar-refractivity contribution in [3.63, 3.8) is 0 Å². The summed E-state index contributed by atoms with van der Waals surface area (Å²) in [6, 6.07) is 0. The zero-order valence-electron chi connectivity index (χ0n) is 27.5. The molecule has 1 amide bonds. The van der Waals surface area contributed by atoms with E-state index in [0.717, 1.165) is 57.8 Å². The summed E-state index contributed by atoms with van der Waals surface area (Å²) < 4.78 is 11.1. The highest BCUT2D eigenvalue weighted by Crippen LogP contribution is 2.77. The lowest BCUT2D eigenvalue weighted by Crippen LogP contribution is -2.67. The van der Waals surface area contributed by atoms with Gasteiger partial charge in [-0.25, -0.2) is 4.79 Å². The molecule has 5 rings (SSSR count). The van der Waals surface area contributed by atoms with E-state index in [1.165, 1.54) is 6.42 Å². The van der Waals surface area contributed by atoms with Crippen LogP contribution in [0.5, 0.6) is 0 Å². The number of carbonyl (C=O) groups excluding carboxylic acids is 2. The third kappa shape index (κ3) is 4.44. The summed E-state index contributed by atoms with van der Waals surface area (Å²) in [5.41, 5.74) is -0.106. The summed E-state index contributed by atoms with van der Waals surface area (Å²) in [6.45, 7) is 18.8. The first kappa shape index (κ1) is 31.6. The first-order valence-corrected chi connectivity index (χ1v) is 16.9. The van der Waals surface area contributed by atoms with Crippen molar-refractivity contribution >= 4 is 18.0 Å². The highest BCUT2D eigenvalue weighted by atomic mass is 16.7. The minimum absolute atomic E-state index is 0.00952. The maximum Gasteiger partial charge on any atom is 0.508 e. The Bertz CT molecular complexity index is 1090. The van der Waals surface area contributed by atoms with Crippen LogP contribution in [0.25, 0.3) is 0 Å². The molecule has 6 unspecified atom stereocenters. The molecular formula is C35H57NO6. The number of ether oxygens (including phenoxy) is 2. The number of nitrogens with one attached hydrogen (secondary N) is 1. The van der Waals surface area contributed by atoms with Gasteiger partial charge < -0.3 is 19.9 Å². The molecule has 2 N–H and O–H groups in total. The molecule has 5 aliphatic rings. The van der Waals surface area contributed by atoms with Crippen LogP contribution in [0.15, 0.2) is 0 Å². The molecular weight excluding hydrogens is 530 g/mol. The van der Waals surface area contributed by atoms with E-state index < -0.39 is 17.5 Å². The maximum atomic E-state index is 13.9. The average Bonchev–Trinajstić information content (AvgIpc) is 3.31. The van der Waals surface area contributed by atoms with Gasteiger partial charge in [0.2, 0.25) is 5.91 Å². The molecule has 0 spiro atoms. The molecule has 7 nitrogen and oxygen atoms in total. The fraction of sp³-hybridized carbons (Fsp3) is 0.914. The third-order valence-corrected chi connectivity index (χ3v) is 14.6. The van der Waals surface area contributed by atoms with Crippen LogP contribution in [0, 0.1) is 62.6 Å². The first-order chi connectivity index (χ1) is 19.6. The van der Waals surface area contributed by atoms with Gasteiger partial charge >= 0.3 is 12.1 Å². The number of aliphatic carboxylic acids is 1. The third-order valence-electron chi connectivity index (χ3n) is 14.6. The Morgan fingerprint density at radius 1 is 0.857 bits per heavy atom. The highest BCUT2D eigenvalue weighted by Gasteiger charge is 2.72. The maximum absolute atomic E-state index is 13.9. The predicted molar refractivity (Wildman–Crippen MR) is 162 cm³/mol. The molecule has 0 bridgehead atoms. The Hall–Kier alpha value is -1.79. The summed E-state index contributed by atoms with van der Waals surface area (Å²) >= 11 is 0. The number of carbonyl (C=O) groups is 3. The zero-order chi connectivity index (χ0) is 30.9. The van der Waals surface area contributed by atoms with Gasteiger partial charge in [-0.15, -0.1) is 0 Å². The number of rotatable bonds is 6. The van der Waals surface area contributed by atoms with Crippen LogP contribution >= 0.6 is 0 Å². The Morgan fingerprint density at radius 3 is 2.21 bits per heavy atom. The number of hydrogen-bond acceptors (Lipinski definition) is 5. The predicted octanol–water partition coefficient (Wildman–Crippen LogP) is 7.47. The lowest BCUT2D eigenvalue weighted by molar-refractivity contribution is -0.248. The molecule has 0 radical (unpaired) electrons. The van der Waals surface area contributed by atoms with Crippen molar-refractivity contribution in [3.05, 3.63) is 0 Å². The molecule has 10 atom stereocenters. The van der Waals surface area contributed by atoms with Crippen molar-refractivity contribution < 1.29 is 29.0 Å². The Kier molecular flexibility index (Phi) is 8.04. The van der Waals surface area contributed by atoms with Crippen LogP contribution in [-0.2, 0) is 19.1 Å². The van der Waals surface area contributed by atoms with Crippen LogP contribution in [0.3, 0.4) is 0 Å². The summed E-state index contributed by atoms with van der Waals surface area (Å²) in [6.07, 6.45) is 9.72. The molecule has 42 heavy (non-hydrogen) atoms. The van der Waals surface area contributed by atoms with E-state index >= 15 is 0 Å². The number of amides is 1. The number of fused-ring (bicyclic) bond motifs is 7. The lowest BCUT2D eigenvalue weighted by Gasteiger charge is -2.73. The minimum Gasteiger partial charge on any atom is -0.480 e. The second-order valence-electron chi connectivity index (χ2n) is 16.5. The topological polar surface area (TPSA) is 102 Å². The van der Waals surface area contributed by atoms with Crippen molar-refractivity contribution in [2.75, 3.05) is 13.2 Å². The molecule has 5 aliphatic carbocycles. The normalized spacial score (nSPS) is 45.5. The van der Waals surface area contributed by atoms with Crippen molar-refractivity contribution in [2.24, 2.45) is 62.6 Å². The second-order valence-corrected chi connectivity index (χ2v) is 16.5. The van der Waals surface area contributed by atoms with Gasteiger partial charge in [-0.3, -0.25) is 9.59 Å². The fourth-order valence-electron chi connectivity index (χ4n) is 12.6. The van der Waals surface area contributed by atoms with Crippen LogP contribution in [0.2, 0.25) is 0 Å². The fourth-order valence-corrected chi connectivity index (χ4v) is 12.6. The van der Waals surface area contributed by atoms with Gasteiger partial charge in [0.1, 0.15) is 12.6 Å². The van der Waals surface area contributed by atoms with Gasteiger partial charge in [-0.1, -0.05) is 48.5 Å². The van der Waals surface area contributed by atoms with E-state index in [0.29, 0.717) is 42.1 Å². The highest BCUT2D eigenvalue weighted by molar-refractivity contribution is 5.86. The number of carboxylic acid groups (broad SMARTS) is 1. The SMILES string of the molecule is CCOC(=O)O[C@@H]1CC[C@@]2(C)C(CCC3(C)C2CCC2C4C(C(C)C)CC[C@]4(C(=O)NCC(=O)O)CC[C@]23C)C1(C)C. The van der Waals surface area contributed by atoms with E-state index in [9.17, 15) is 19.5 Å². The van der Waals surface area contributed by atoms with Gasteiger partial charge in [0.15, 0.2) is 0 Å². The van der Waals surface area contributed by atoms with Gasteiger partial charge in [0.25, 0.3) is 0 Å². The van der Waals surface area contributed by atoms with Crippen molar-refractivity contribution in [1.29, 1.82) is 0 Å². The summed E-state index contributed by atoms with van der Waals surface area (Å²) in [7, 11) is 0. The van der Waals surface area contributed by atoms with Crippen LogP contribution in [0.4, 0.5) is 4.79 Å². The smallest absolute Gasteiger partial charge is 0.480 e. The summed E-state index contributed by atoms with van der Waals surface area (Å²) in [5, 5.41) is 12.2. The molecule has 0 heterocycles. The van der Waals surface area contributed by atoms with E-state index in [2.05, 4.69) is 53.8 Å². The number of carboxylic acids is 1. The molecule has 0 aliphatic heterocycles. The van der Waals surface area contributed by atoms with Gasteiger partial charge in [-0.2, -0.15) is 0 Å². The van der Waals surface area contributed by atoms with E-state index in [1.807, 2.05) is 6.92 Å². The molecule has 0 aromatic rings. The molecule has 7 heteroatoms. The minimum atomic E-state index is -0.973. The number of hydrogen-bond donors (Lipinski definition) is 2. The molecule has 5 saturated carbocycles. The molecule has 0 saturated heterocycles. The van der Waals surface area contributed by atoms with Gasteiger partial charge in [0, 0.05) is 5.41 Å². The average molecular weight is 588 g/mol. The second kappa shape index (κ2) is 10.7. The molecule has 0 aromatic carbocycles. The molecule has 238 valence electrons. The first-order valence-electron chi connectivity index (χ1n) is 16.9. The van der Waals surface area contributed by atoms with E-state index in [4.69, 9.17) is 9.47 Å². The standard InChI is InChI=1S/C35H57NO6/c1-9-41-30(40)42-26-14-15-32(6)24(31(26,4)5)13-16-34(8)25(32)11-10-23-28-22(21(2)3)12-17-35(28,19-18-33(23,34)7)29(39)36-20-27(37)38/h21-26,28H,9-20H2,1-8H3,(H,36,39)(H,37,38)/t22?,23?,24?,25?,26-,28?,32+,33-,34?,35+/m1/s1. The summed E-state index contributed by atoms with van der Waals surface area (Å²) in [4.78, 5) is 37.6.